The highest BCUT2D eigenvalue weighted by Gasteiger charge is 2.58. The van der Waals surface area contributed by atoms with Crippen LogP contribution in [-0.4, -0.2) is 46.9 Å². The first-order chi connectivity index (χ1) is 11.0. The van der Waals surface area contributed by atoms with Gasteiger partial charge in [0.25, 0.3) is 0 Å². The van der Waals surface area contributed by atoms with Gasteiger partial charge in [0.1, 0.15) is 12.2 Å². The molecule has 23 heavy (non-hydrogen) atoms. The van der Waals surface area contributed by atoms with Crippen LogP contribution in [0.4, 0.5) is 9.18 Å². The number of amides is 1. The van der Waals surface area contributed by atoms with E-state index in [4.69, 9.17) is 4.74 Å². The molecule has 2 aliphatic heterocycles. The summed E-state index contributed by atoms with van der Waals surface area (Å²) in [5, 5.41) is 9.53. The first-order valence-corrected chi connectivity index (χ1v) is 8.86. The zero-order valence-electron chi connectivity index (χ0n) is 13.6. The summed E-state index contributed by atoms with van der Waals surface area (Å²) in [7, 11) is 0. The lowest BCUT2D eigenvalue weighted by Gasteiger charge is -2.54. The molecular formula is C17H26FNO4. The van der Waals surface area contributed by atoms with E-state index in [9.17, 15) is 19.1 Å². The molecule has 0 unspecified atom stereocenters. The summed E-state index contributed by atoms with van der Waals surface area (Å²) in [5.41, 5.74) is 0. The van der Waals surface area contributed by atoms with E-state index in [2.05, 4.69) is 0 Å². The number of carbonyl (C=O) groups is 2. The van der Waals surface area contributed by atoms with Gasteiger partial charge in [-0.2, -0.15) is 0 Å². The molecule has 2 saturated heterocycles. The number of rotatable bonds is 6. The third kappa shape index (κ3) is 3.17. The average molecular weight is 327 g/mol. The number of carboxylic acids is 1. The number of fused-ring (bicyclic) bond motifs is 3. The number of unbranched alkanes of at least 4 members (excludes halogenated alkanes) is 1. The number of carboxylic acid groups (broad SMARTS) is 1. The van der Waals surface area contributed by atoms with Crippen LogP contribution in [0.2, 0.25) is 0 Å². The fraction of sp³-hybridized carbons (Fsp3) is 0.882. The minimum Gasteiger partial charge on any atom is -0.480 e. The lowest BCUT2D eigenvalue weighted by molar-refractivity contribution is -0.161. The molecular weight excluding hydrogens is 301 g/mol. The van der Waals surface area contributed by atoms with E-state index in [-0.39, 0.29) is 12.0 Å². The van der Waals surface area contributed by atoms with Crippen molar-refractivity contribution in [3.05, 3.63) is 0 Å². The van der Waals surface area contributed by atoms with Gasteiger partial charge < -0.3 is 9.84 Å². The van der Waals surface area contributed by atoms with Crippen LogP contribution in [0.15, 0.2) is 0 Å². The molecule has 0 radical (unpaired) electrons. The fourth-order valence-corrected chi connectivity index (χ4v) is 4.31. The van der Waals surface area contributed by atoms with E-state index in [1.165, 1.54) is 4.90 Å². The van der Waals surface area contributed by atoms with E-state index < -0.39 is 30.2 Å². The van der Waals surface area contributed by atoms with Crippen molar-refractivity contribution in [2.45, 2.75) is 70.1 Å². The predicted octanol–water partition coefficient (Wildman–Crippen LogP) is 3.22. The highest BCUT2D eigenvalue weighted by atomic mass is 19.1. The average Bonchev–Trinajstić information content (AvgIpc) is 3.34. The van der Waals surface area contributed by atoms with Crippen LogP contribution in [0.25, 0.3) is 0 Å². The minimum atomic E-state index is -1.12. The maximum Gasteiger partial charge on any atom is 0.410 e. The van der Waals surface area contributed by atoms with Crippen LogP contribution in [0, 0.1) is 17.8 Å². The molecule has 130 valence electrons. The maximum atomic E-state index is 14.8. The Morgan fingerprint density at radius 3 is 2.61 bits per heavy atom. The third-order valence-electron chi connectivity index (χ3n) is 5.66. The van der Waals surface area contributed by atoms with E-state index in [1.807, 2.05) is 6.92 Å². The van der Waals surface area contributed by atoms with Crippen LogP contribution in [0.3, 0.4) is 0 Å². The van der Waals surface area contributed by atoms with E-state index in [0.717, 1.165) is 32.1 Å². The van der Waals surface area contributed by atoms with E-state index in [0.29, 0.717) is 25.4 Å². The van der Waals surface area contributed by atoms with Gasteiger partial charge in [0.15, 0.2) is 0 Å². The Hall–Kier alpha value is -1.33. The quantitative estimate of drug-likeness (QED) is 0.761. The Bertz CT molecular complexity index is 468. The summed E-state index contributed by atoms with van der Waals surface area (Å²) in [5.74, 6) is -1.38. The van der Waals surface area contributed by atoms with Crippen LogP contribution in [0.5, 0.6) is 0 Å². The van der Waals surface area contributed by atoms with Crippen molar-refractivity contribution in [1.29, 1.82) is 0 Å². The number of hydrogen-bond donors (Lipinski definition) is 1. The lowest BCUT2D eigenvalue weighted by Crippen LogP contribution is -2.67. The van der Waals surface area contributed by atoms with Gasteiger partial charge in [0.2, 0.25) is 0 Å². The molecule has 2 saturated carbocycles. The second-order valence-corrected chi connectivity index (χ2v) is 7.25. The topological polar surface area (TPSA) is 66.8 Å². The molecule has 0 aromatic heterocycles. The number of halogens is 1. The number of alkyl halides is 1. The van der Waals surface area contributed by atoms with Gasteiger partial charge in [-0.3, -0.25) is 4.90 Å². The summed E-state index contributed by atoms with van der Waals surface area (Å²) in [6, 6.07) is -1.40. The fourth-order valence-electron chi connectivity index (χ4n) is 4.31. The Balaban J connectivity index is 1.78. The highest BCUT2D eigenvalue weighted by Crippen LogP contribution is 2.50. The molecule has 2 aliphatic carbocycles. The summed E-state index contributed by atoms with van der Waals surface area (Å²) in [6.45, 7) is 2.29. The molecule has 5 atom stereocenters. The van der Waals surface area contributed by atoms with Gasteiger partial charge in [0, 0.05) is 17.9 Å². The number of piperidine rings is 2. The SMILES string of the molecule is CCCCOC(=O)N1[C@H](C(=O)O)[C@@H]2CC[C@H]1[C@@H](CC1CC1)[C@@H]2F. The summed E-state index contributed by atoms with van der Waals surface area (Å²) < 4.78 is 20.1. The van der Waals surface area contributed by atoms with Crippen molar-refractivity contribution in [2.24, 2.45) is 17.8 Å². The van der Waals surface area contributed by atoms with Crippen LogP contribution >= 0.6 is 0 Å². The number of carbonyl (C=O) groups excluding carboxylic acids is 1. The van der Waals surface area contributed by atoms with Crippen molar-refractivity contribution in [3.63, 3.8) is 0 Å². The third-order valence-corrected chi connectivity index (χ3v) is 5.66. The number of hydrogen-bond acceptors (Lipinski definition) is 3. The smallest absolute Gasteiger partial charge is 0.410 e. The molecule has 4 fully saturated rings. The normalized spacial score (nSPS) is 36.1. The van der Waals surface area contributed by atoms with Crippen molar-refractivity contribution >= 4 is 12.1 Å². The monoisotopic (exact) mass is 327 g/mol. The highest BCUT2D eigenvalue weighted by molar-refractivity contribution is 5.81. The van der Waals surface area contributed by atoms with E-state index >= 15 is 0 Å². The van der Waals surface area contributed by atoms with Crippen molar-refractivity contribution in [3.8, 4) is 0 Å². The molecule has 0 aromatic carbocycles. The number of ether oxygens (including phenoxy) is 1. The molecule has 5 nitrogen and oxygen atoms in total. The van der Waals surface area contributed by atoms with Gasteiger partial charge in [-0.25, -0.2) is 14.0 Å². The maximum absolute atomic E-state index is 14.8. The van der Waals surface area contributed by atoms with Gasteiger partial charge >= 0.3 is 12.1 Å². The van der Waals surface area contributed by atoms with Crippen LogP contribution in [0.1, 0.15) is 51.9 Å². The molecule has 2 heterocycles. The number of aliphatic carboxylic acids is 1. The van der Waals surface area contributed by atoms with Gasteiger partial charge in [-0.15, -0.1) is 0 Å². The molecule has 0 aromatic rings. The Kier molecular flexibility index (Phi) is 4.78. The van der Waals surface area contributed by atoms with Crippen LogP contribution in [-0.2, 0) is 9.53 Å². The second kappa shape index (κ2) is 6.65. The second-order valence-electron chi connectivity index (χ2n) is 7.25. The lowest BCUT2D eigenvalue weighted by atomic mass is 9.66. The molecule has 1 amide bonds. The first kappa shape index (κ1) is 16.5. The van der Waals surface area contributed by atoms with Crippen molar-refractivity contribution in [1.82, 2.24) is 4.90 Å². The van der Waals surface area contributed by atoms with Crippen molar-refractivity contribution < 1.29 is 23.8 Å². The molecule has 1 N–H and O–H groups in total. The largest absolute Gasteiger partial charge is 0.480 e. The minimum absolute atomic E-state index is 0.226. The number of nitrogens with zero attached hydrogens (tertiary/aromatic N) is 1. The Morgan fingerprint density at radius 2 is 2.00 bits per heavy atom. The Morgan fingerprint density at radius 1 is 1.26 bits per heavy atom. The Labute approximate surface area is 136 Å². The predicted molar refractivity (Wildman–Crippen MR) is 81.8 cm³/mol. The molecule has 0 spiro atoms. The van der Waals surface area contributed by atoms with Gasteiger partial charge in [-0.05, 0) is 31.6 Å². The standard InChI is InChI=1S/C17H26FNO4/c1-2-3-8-23-17(22)19-13-7-6-11(15(19)16(20)21)14(18)12(13)9-10-4-5-10/h10-15H,2-9H2,1H3,(H,20,21)/t11-,12-,13+,14-,15+/m1/s1. The van der Waals surface area contributed by atoms with Gasteiger partial charge in [0.05, 0.1) is 6.61 Å². The molecule has 6 heteroatoms. The summed E-state index contributed by atoms with van der Waals surface area (Å²) >= 11 is 0. The zero-order chi connectivity index (χ0) is 16.6. The molecule has 2 bridgehead atoms. The van der Waals surface area contributed by atoms with Crippen molar-refractivity contribution in [2.75, 3.05) is 6.61 Å². The summed E-state index contributed by atoms with van der Waals surface area (Å²) in [4.78, 5) is 25.5. The molecule has 4 rings (SSSR count). The van der Waals surface area contributed by atoms with E-state index in [1.54, 1.807) is 0 Å². The first-order valence-electron chi connectivity index (χ1n) is 8.86. The molecule has 4 aliphatic rings. The summed E-state index contributed by atoms with van der Waals surface area (Å²) in [6.07, 6.45) is 4.23. The van der Waals surface area contributed by atoms with Crippen LogP contribution < -0.4 is 0 Å². The van der Waals surface area contributed by atoms with Gasteiger partial charge in [-0.1, -0.05) is 26.2 Å². The zero-order valence-corrected chi connectivity index (χ0v) is 13.6.